The van der Waals surface area contributed by atoms with E-state index in [0.29, 0.717) is 37.2 Å². The molecule has 6 nitrogen and oxygen atoms in total. The van der Waals surface area contributed by atoms with Crippen molar-refractivity contribution in [1.82, 2.24) is 0 Å². The minimum absolute atomic E-state index is 0.00296. The molecule has 0 saturated heterocycles. The van der Waals surface area contributed by atoms with E-state index < -0.39 is 12.2 Å². The molecule has 4 aliphatic rings. The fourth-order valence-corrected chi connectivity index (χ4v) is 6.69. The fourth-order valence-electron chi connectivity index (χ4n) is 6.13. The van der Waals surface area contributed by atoms with E-state index in [9.17, 15) is 4.79 Å². The van der Waals surface area contributed by atoms with Crippen LogP contribution < -0.4 is 0 Å². The molecule has 8 heteroatoms. The van der Waals surface area contributed by atoms with Gasteiger partial charge in [0.2, 0.25) is 0 Å². The lowest BCUT2D eigenvalue weighted by molar-refractivity contribution is -0.147. The van der Waals surface area contributed by atoms with Crippen molar-refractivity contribution in [2.45, 2.75) is 102 Å². The van der Waals surface area contributed by atoms with Crippen molar-refractivity contribution >= 4 is 24.9 Å². The van der Waals surface area contributed by atoms with Crippen molar-refractivity contribution in [3.63, 3.8) is 0 Å². The summed E-state index contributed by atoms with van der Waals surface area (Å²) in [6.45, 7) is 9.41. The van der Waals surface area contributed by atoms with E-state index >= 15 is 0 Å². The van der Waals surface area contributed by atoms with Crippen molar-refractivity contribution in [2.24, 2.45) is 17.8 Å². The molecular weight excluding hydrogens is 530 g/mol. The first kappa shape index (κ1) is 30.8. The van der Waals surface area contributed by atoms with Gasteiger partial charge in [0.05, 0.1) is 31.0 Å². The Hall–Kier alpha value is -1.13. The quantitative estimate of drug-likeness (QED) is 0.209. The molecule has 0 aromatic carbocycles. The zero-order valence-electron chi connectivity index (χ0n) is 23.4. The van der Waals surface area contributed by atoms with Crippen LogP contribution in [-0.4, -0.2) is 49.2 Å². The molecule has 4 rings (SSSR count). The molecule has 216 valence electrons. The van der Waals surface area contributed by atoms with Crippen molar-refractivity contribution < 1.29 is 28.1 Å². The second kappa shape index (κ2) is 15.2. The van der Waals surface area contributed by atoms with Gasteiger partial charge in [-0.15, -0.1) is 0 Å². The maximum Gasteiger partial charge on any atom is 0.330 e. The Morgan fingerprint density at radius 2 is 1.97 bits per heavy atom. The normalized spacial score (nSPS) is 37.4. The van der Waals surface area contributed by atoms with E-state index in [0.717, 1.165) is 38.5 Å². The van der Waals surface area contributed by atoms with Crippen molar-refractivity contribution in [1.29, 1.82) is 0 Å². The van der Waals surface area contributed by atoms with E-state index in [1.807, 2.05) is 18.2 Å². The predicted molar refractivity (Wildman–Crippen MR) is 161 cm³/mol. The summed E-state index contributed by atoms with van der Waals surface area (Å²) in [6.07, 6.45) is 20.2. The number of esters is 1. The van der Waals surface area contributed by atoms with Gasteiger partial charge >= 0.3 is 5.97 Å². The molecule has 1 fully saturated rings. The molecule has 3 heterocycles. The summed E-state index contributed by atoms with van der Waals surface area (Å²) in [5.74, 6) is 0.930. The number of rotatable bonds is 5. The number of carbonyl (C=O) groups is 1. The third-order valence-electron chi connectivity index (χ3n) is 8.27. The van der Waals surface area contributed by atoms with E-state index in [2.05, 4.69) is 57.6 Å². The van der Waals surface area contributed by atoms with Crippen LogP contribution in [0.2, 0.25) is 0 Å². The molecule has 1 aliphatic carbocycles. The molecule has 2 unspecified atom stereocenters. The highest BCUT2D eigenvalue weighted by molar-refractivity contribution is 7.10. The molecule has 0 spiro atoms. The van der Waals surface area contributed by atoms with Gasteiger partial charge in [0.15, 0.2) is 0 Å². The van der Waals surface area contributed by atoms with Gasteiger partial charge in [-0.2, -0.15) is 0 Å². The first-order valence-electron chi connectivity index (χ1n) is 14.4. The molecular formula is C31H46O6P2. The highest BCUT2D eigenvalue weighted by Crippen LogP contribution is 2.48. The van der Waals surface area contributed by atoms with Gasteiger partial charge in [-0.3, -0.25) is 0 Å². The van der Waals surface area contributed by atoms with Crippen LogP contribution in [0, 0.1) is 17.8 Å². The van der Waals surface area contributed by atoms with E-state index in [1.165, 1.54) is 17.2 Å². The van der Waals surface area contributed by atoms with Crippen molar-refractivity contribution in [2.75, 3.05) is 6.61 Å². The van der Waals surface area contributed by atoms with Crippen LogP contribution in [0.15, 0.2) is 60.3 Å². The van der Waals surface area contributed by atoms with Crippen LogP contribution in [0.25, 0.3) is 0 Å². The first-order valence-corrected chi connectivity index (χ1v) is 15.3. The van der Waals surface area contributed by atoms with E-state index in [4.69, 9.17) is 23.3 Å². The Balaban J connectivity index is 1.49. The SMILES string of the molecule is C=C1C[C@H](C)C[C@@H]2CC=C[C@@H](CC=CC(=O)O[C@H]([C@H](C=C[C@@H]3CC(C)=CCO3)OP)C[C@@H]3C[C@H]3[C@@H](OP)C1)O2. The summed E-state index contributed by atoms with van der Waals surface area (Å²) in [4.78, 5) is 12.9. The lowest BCUT2D eigenvalue weighted by atomic mass is 9.90. The van der Waals surface area contributed by atoms with Gasteiger partial charge in [-0.05, 0) is 76.0 Å². The topological polar surface area (TPSA) is 63.2 Å². The average Bonchev–Trinajstić information content (AvgIpc) is 3.66. The number of ether oxygens (including phenoxy) is 3. The van der Waals surface area contributed by atoms with Crippen LogP contribution in [0.3, 0.4) is 0 Å². The lowest BCUT2D eigenvalue weighted by Gasteiger charge is -2.28. The largest absolute Gasteiger partial charge is 0.456 e. The van der Waals surface area contributed by atoms with E-state index in [1.54, 1.807) is 0 Å². The third-order valence-corrected chi connectivity index (χ3v) is 8.93. The van der Waals surface area contributed by atoms with E-state index in [-0.39, 0.29) is 30.4 Å². The minimum Gasteiger partial charge on any atom is -0.456 e. The summed E-state index contributed by atoms with van der Waals surface area (Å²) < 4.78 is 29.8. The summed E-state index contributed by atoms with van der Waals surface area (Å²) in [7, 11) is 4.81. The molecule has 0 radical (unpaired) electrons. The predicted octanol–water partition coefficient (Wildman–Crippen LogP) is 6.60. The van der Waals surface area contributed by atoms with Gasteiger partial charge in [-0.25, -0.2) is 4.79 Å². The van der Waals surface area contributed by atoms with Crippen LogP contribution in [0.1, 0.15) is 65.2 Å². The standard InChI is InChI=1S/C31H46O6P2/c1-20-12-13-33-25(15-20)10-11-28(36-38)30-19-23-18-27(23)29(37-39)17-22(3)14-21(2)16-26-8-4-6-24(34-26)7-5-9-31(32)35-30/h4-6,9-12,21,23-30H,3,7-8,13-19,38-39H2,1-2H3/t21-,23-,24-,25+,26-,27+,28-,29-,30-/m0/s1. The van der Waals surface area contributed by atoms with Crippen molar-refractivity contribution in [3.05, 3.63) is 60.3 Å². The molecule has 0 amide bonds. The van der Waals surface area contributed by atoms with Crippen molar-refractivity contribution in [3.8, 4) is 0 Å². The van der Waals surface area contributed by atoms with Gasteiger partial charge in [-0.1, -0.05) is 61.1 Å². The van der Waals surface area contributed by atoms with Gasteiger partial charge in [0, 0.05) is 25.0 Å². The monoisotopic (exact) mass is 576 g/mol. The van der Waals surface area contributed by atoms with Gasteiger partial charge < -0.3 is 23.3 Å². The number of cyclic esters (lactones) is 1. The zero-order valence-corrected chi connectivity index (χ0v) is 25.7. The summed E-state index contributed by atoms with van der Waals surface area (Å²) in [5.41, 5.74) is 2.54. The molecule has 2 bridgehead atoms. The van der Waals surface area contributed by atoms with Crippen LogP contribution in [0.4, 0.5) is 0 Å². The second-order valence-corrected chi connectivity index (χ2v) is 12.3. The Morgan fingerprint density at radius 3 is 2.74 bits per heavy atom. The van der Waals surface area contributed by atoms with Gasteiger partial charge in [0.25, 0.3) is 0 Å². The molecule has 1 saturated carbocycles. The zero-order chi connectivity index (χ0) is 27.8. The summed E-state index contributed by atoms with van der Waals surface area (Å²) in [5, 5.41) is 0. The Bertz CT molecular complexity index is 959. The summed E-state index contributed by atoms with van der Waals surface area (Å²) >= 11 is 0. The van der Waals surface area contributed by atoms with Gasteiger partial charge in [0.1, 0.15) is 12.2 Å². The Kier molecular flexibility index (Phi) is 12.0. The number of carbonyl (C=O) groups excluding carboxylic acids is 1. The third kappa shape index (κ3) is 9.73. The Labute approximate surface area is 239 Å². The molecule has 11 atom stereocenters. The number of hydrogen-bond donors (Lipinski definition) is 0. The van der Waals surface area contributed by atoms with Crippen LogP contribution in [0.5, 0.6) is 0 Å². The minimum atomic E-state index is -0.423. The first-order chi connectivity index (χ1) is 18.8. The molecule has 3 aliphatic heterocycles. The highest BCUT2D eigenvalue weighted by Gasteiger charge is 2.46. The smallest absolute Gasteiger partial charge is 0.330 e. The second-order valence-electron chi connectivity index (χ2n) is 11.8. The maximum atomic E-state index is 12.9. The number of hydrogen-bond acceptors (Lipinski definition) is 6. The molecule has 39 heavy (non-hydrogen) atoms. The molecule has 0 aromatic rings. The van der Waals surface area contributed by atoms with Crippen LogP contribution >= 0.6 is 18.9 Å². The highest BCUT2D eigenvalue weighted by atomic mass is 31.0. The molecule has 0 N–H and O–H groups in total. The lowest BCUT2D eigenvalue weighted by Crippen LogP contribution is -2.32. The molecule has 0 aromatic heterocycles. The maximum absolute atomic E-state index is 12.9. The summed E-state index contributed by atoms with van der Waals surface area (Å²) in [6, 6.07) is 0. The average molecular weight is 577 g/mol. The Morgan fingerprint density at radius 1 is 1.13 bits per heavy atom. The van der Waals surface area contributed by atoms with Crippen LogP contribution in [-0.2, 0) is 28.1 Å². The fraction of sp³-hybridized carbons (Fsp3) is 0.645. The number of fused-ring (bicyclic) bond motifs is 3.